The average Bonchev–Trinajstić information content (AvgIpc) is 3.41. The van der Waals surface area contributed by atoms with Crippen molar-refractivity contribution in [2.75, 3.05) is 53.9 Å². The highest BCUT2D eigenvalue weighted by Crippen LogP contribution is 2.80. The van der Waals surface area contributed by atoms with Crippen molar-refractivity contribution in [2.45, 2.75) is 74.3 Å². The Bertz CT molecular complexity index is 1250. The highest BCUT2D eigenvalue weighted by molar-refractivity contribution is 5.95. The fourth-order valence-corrected chi connectivity index (χ4v) is 12.0. The third kappa shape index (κ3) is 3.12. The van der Waals surface area contributed by atoms with Gasteiger partial charge in [-0.3, -0.25) is 4.90 Å². The molecule has 7 bridgehead atoms. The molecule has 7 rings (SSSR count). The molecular formula is C32H46N2O8. The lowest BCUT2D eigenvalue weighted by molar-refractivity contribution is -0.320. The highest BCUT2D eigenvalue weighted by atomic mass is 16.5. The molecule has 6 fully saturated rings. The maximum Gasteiger partial charge on any atom is 0.340 e. The van der Waals surface area contributed by atoms with Gasteiger partial charge >= 0.3 is 5.97 Å². The minimum Gasteiger partial charge on any atom is -0.461 e. The zero-order valence-electron chi connectivity index (χ0n) is 25.3. The van der Waals surface area contributed by atoms with E-state index in [9.17, 15) is 15.0 Å². The van der Waals surface area contributed by atoms with Gasteiger partial charge in [0.05, 0.1) is 42.6 Å². The minimum absolute atomic E-state index is 0.00697. The number of esters is 1. The van der Waals surface area contributed by atoms with Crippen LogP contribution in [0.25, 0.3) is 0 Å². The van der Waals surface area contributed by atoms with Gasteiger partial charge in [-0.2, -0.15) is 0 Å². The van der Waals surface area contributed by atoms with E-state index < -0.39 is 40.1 Å². The van der Waals surface area contributed by atoms with E-state index in [0.717, 1.165) is 19.3 Å². The van der Waals surface area contributed by atoms with Crippen molar-refractivity contribution in [3.8, 4) is 0 Å². The summed E-state index contributed by atoms with van der Waals surface area (Å²) in [7, 11) is 6.80. The van der Waals surface area contributed by atoms with Crippen molar-refractivity contribution < 1.29 is 38.7 Å². The number of aliphatic hydroxyl groups is 2. The van der Waals surface area contributed by atoms with Crippen LogP contribution in [0.15, 0.2) is 24.3 Å². The van der Waals surface area contributed by atoms with E-state index in [1.165, 1.54) is 0 Å². The van der Waals surface area contributed by atoms with Gasteiger partial charge in [0, 0.05) is 75.7 Å². The number of anilines is 1. The number of nitrogen functional groups attached to an aromatic ring is 1. The number of hydrogen-bond acceptors (Lipinski definition) is 10. The Kier molecular flexibility index (Phi) is 6.62. The van der Waals surface area contributed by atoms with Crippen molar-refractivity contribution in [1.29, 1.82) is 0 Å². The van der Waals surface area contributed by atoms with Gasteiger partial charge < -0.3 is 39.6 Å². The maximum absolute atomic E-state index is 13.4. The standard InChI is InChI=1S/C32H46N2O8/c1-6-34-15-29(16-42-27(35)17-9-7-8-10-20(17)33)12-11-22(39-3)31-19-13-18-21(38-2)14-30(36,23(19)24(18)40-4)32(37,28(31)34)26(41-5)25(29)31/h7-10,18-19,21-26,28,36-37H,6,11-16,33H2,1-5H3/t18-,19-,21+,22+,23-,24+,25-,26+,28-,29+,30-,31+,32+/m1/s1. The van der Waals surface area contributed by atoms with Crippen LogP contribution >= 0.6 is 0 Å². The molecule has 10 heteroatoms. The van der Waals surface area contributed by atoms with Gasteiger partial charge in [-0.15, -0.1) is 0 Å². The summed E-state index contributed by atoms with van der Waals surface area (Å²) in [6.07, 6.45) is 1.22. The second-order valence-corrected chi connectivity index (χ2v) is 13.8. The fraction of sp³-hybridized carbons (Fsp3) is 0.781. The zero-order chi connectivity index (χ0) is 29.8. The SMILES string of the molecule is CCN1C[C@]2(COC(=O)c3ccccc3N)CC[C@H](OC)[C@]34[C@@H]5C[C@H]6[C@H](OC)[C@@H]5[C@](O)(C[C@@H]6OC)[C@@](O)([C@H]13)[C@@H](OC)[C@H]24. The second kappa shape index (κ2) is 9.60. The molecule has 1 aromatic rings. The van der Waals surface area contributed by atoms with E-state index >= 15 is 0 Å². The van der Waals surface area contributed by atoms with Crippen LogP contribution in [0.5, 0.6) is 0 Å². The number of methoxy groups -OCH3 is 4. The van der Waals surface area contributed by atoms with E-state index in [4.69, 9.17) is 29.4 Å². The molecule has 1 heterocycles. The number of para-hydroxylation sites is 1. The molecule has 232 valence electrons. The summed E-state index contributed by atoms with van der Waals surface area (Å²) in [5.41, 5.74) is 2.65. The number of carbonyl (C=O) groups excluding carboxylic acids is 1. The molecular weight excluding hydrogens is 540 g/mol. The molecule has 5 saturated carbocycles. The van der Waals surface area contributed by atoms with Gasteiger partial charge in [0.15, 0.2) is 0 Å². The number of carbonyl (C=O) groups is 1. The first-order valence-corrected chi connectivity index (χ1v) is 15.5. The molecule has 13 atom stereocenters. The lowest BCUT2D eigenvalue weighted by Gasteiger charge is -2.70. The van der Waals surface area contributed by atoms with Crippen LogP contribution in [0.1, 0.15) is 43.0 Å². The van der Waals surface area contributed by atoms with E-state index in [2.05, 4.69) is 11.8 Å². The van der Waals surface area contributed by atoms with Crippen molar-refractivity contribution in [3.63, 3.8) is 0 Å². The van der Waals surface area contributed by atoms with Crippen molar-refractivity contribution >= 4 is 11.7 Å². The van der Waals surface area contributed by atoms with Gasteiger partial charge in [-0.1, -0.05) is 19.1 Å². The summed E-state index contributed by atoms with van der Waals surface area (Å²) in [5.74, 6) is -0.892. The average molecular weight is 587 g/mol. The van der Waals surface area contributed by atoms with Crippen molar-refractivity contribution in [2.24, 2.45) is 34.5 Å². The molecule has 0 amide bonds. The number of hydrogen-bond donors (Lipinski definition) is 3. The highest BCUT2D eigenvalue weighted by Gasteiger charge is 2.91. The number of likely N-dealkylation sites (tertiary alicyclic amines) is 1. The Morgan fingerprint density at radius 2 is 1.86 bits per heavy atom. The van der Waals surface area contributed by atoms with Crippen LogP contribution in [-0.2, 0) is 23.7 Å². The van der Waals surface area contributed by atoms with Crippen LogP contribution in [0.2, 0.25) is 0 Å². The van der Waals surface area contributed by atoms with Crippen LogP contribution in [0.3, 0.4) is 0 Å². The second-order valence-electron chi connectivity index (χ2n) is 13.8. The summed E-state index contributed by atoms with van der Waals surface area (Å²) in [6, 6.07) is 6.55. The van der Waals surface area contributed by atoms with Gasteiger partial charge in [-0.05, 0) is 43.9 Å². The Morgan fingerprint density at radius 3 is 2.50 bits per heavy atom. The third-order valence-electron chi connectivity index (χ3n) is 13.0. The molecule has 0 unspecified atom stereocenters. The van der Waals surface area contributed by atoms with Gasteiger partial charge in [0.2, 0.25) is 0 Å². The molecule has 1 saturated heterocycles. The molecule has 0 radical (unpaired) electrons. The monoisotopic (exact) mass is 586 g/mol. The summed E-state index contributed by atoms with van der Waals surface area (Å²) < 4.78 is 31.1. The van der Waals surface area contributed by atoms with Crippen molar-refractivity contribution in [3.05, 3.63) is 29.8 Å². The molecule has 1 aliphatic heterocycles. The van der Waals surface area contributed by atoms with Crippen LogP contribution in [0.4, 0.5) is 5.69 Å². The van der Waals surface area contributed by atoms with Crippen LogP contribution in [-0.4, -0.2) is 111 Å². The Balaban J connectivity index is 1.41. The predicted octanol–water partition coefficient (Wildman–Crippen LogP) is 1.72. The zero-order valence-corrected chi connectivity index (χ0v) is 25.3. The third-order valence-corrected chi connectivity index (χ3v) is 13.0. The molecule has 42 heavy (non-hydrogen) atoms. The number of rotatable bonds is 8. The van der Waals surface area contributed by atoms with Crippen molar-refractivity contribution in [1.82, 2.24) is 4.90 Å². The molecule has 5 aliphatic carbocycles. The largest absolute Gasteiger partial charge is 0.461 e. The Morgan fingerprint density at radius 1 is 1.10 bits per heavy atom. The number of piperidine rings is 1. The first-order chi connectivity index (χ1) is 20.1. The normalized spacial score (nSPS) is 50.1. The lowest BCUT2D eigenvalue weighted by atomic mass is 9.42. The summed E-state index contributed by atoms with van der Waals surface area (Å²) in [4.78, 5) is 15.7. The lowest BCUT2D eigenvalue weighted by Crippen LogP contribution is -2.82. The topological polar surface area (TPSA) is 133 Å². The van der Waals surface area contributed by atoms with Crippen LogP contribution < -0.4 is 5.73 Å². The minimum atomic E-state index is -1.62. The predicted molar refractivity (Wildman–Crippen MR) is 153 cm³/mol. The number of ether oxygens (including phenoxy) is 5. The first kappa shape index (κ1) is 29.0. The fourth-order valence-electron chi connectivity index (χ4n) is 12.0. The number of nitrogens with zero attached hydrogens (tertiary/aromatic N) is 1. The number of benzene rings is 1. The van der Waals surface area contributed by atoms with E-state index in [-0.39, 0.29) is 48.6 Å². The van der Waals surface area contributed by atoms with Gasteiger partial charge in [-0.25, -0.2) is 4.79 Å². The molecule has 4 N–H and O–H groups in total. The molecule has 6 aliphatic rings. The van der Waals surface area contributed by atoms with Gasteiger partial charge in [0.25, 0.3) is 0 Å². The smallest absolute Gasteiger partial charge is 0.340 e. The molecule has 1 spiro atoms. The quantitative estimate of drug-likeness (QED) is 0.306. The summed E-state index contributed by atoms with van der Waals surface area (Å²) in [6.45, 7) is 3.54. The van der Waals surface area contributed by atoms with E-state index in [0.29, 0.717) is 30.8 Å². The summed E-state index contributed by atoms with van der Waals surface area (Å²) >= 11 is 0. The molecule has 1 aromatic carbocycles. The first-order valence-electron chi connectivity index (χ1n) is 15.5. The molecule has 10 nitrogen and oxygen atoms in total. The summed E-state index contributed by atoms with van der Waals surface area (Å²) in [5, 5.41) is 26.3. The van der Waals surface area contributed by atoms with E-state index in [1.54, 1.807) is 52.7 Å². The van der Waals surface area contributed by atoms with Crippen LogP contribution in [0, 0.1) is 34.5 Å². The van der Waals surface area contributed by atoms with E-state index in [1.807, 2.05) is 0 Å². The number of likely N-dealkylation sites (N-methyl/N-ethyl adjacent to an activating group) is 1. The maximum atomic E-state index is 13.4. The number of fused-ring (bicyclic) bond motifs is 2. The molecule has 0 aromatic heterocycles. The Labute approximate surface area is 247 Å². The van der Waals surface area contributed by atoms with Gasteiger partial charge in [0.1, 0.15) is 11.2 Å². The number of nitrogens with two attached hydrogens (primary N) is 1. The Hall–Kier alpha value is -1.79.